The van der Waals surface area contributed by atoms with Crippen molar-refractivity contribution in [3.63, 3.8) is 0 Å². The molecule has 0 aliphatic rings. The van der Waals surface area contributed by atoms with Crippen molar-refractivity contribution in [3.8, 4) is 17.2 Å². The maximum Gasteiger partial charge on any atom is 0.273 e. The van der Waals surface area contributed by atoms with Gasteiger partial charge in [0.25, 0.3) is 11.8 Å². The molecule has 3 aromatic rings. The van der Waals surface area contributed by atoms with E-state index >= 15 is 0 Å². The zero-order valence-electron chi connectivity index (χ0n) is 17.1. The molecule has 2 heterocycles. The van der Waals surface area contributed by atoms with Gasteiger partial charge in [0.2, 0.25) is 0 Å². The van der Waals surface area contributed by atoms with E-state index in [4.69, 9.17) is 9.47 Å². The van der Waals surface area contributed by atoms with Crippen LogP contribution in [0, 0.1) is 0 Å². The van der Waals surface area contributed by atoms with Gasteiger partial charge in [-0.3, -0.25) is 4.79 Å². The molecule has 0 aliphatic carbocycles. The maximum atomic E-state index is 14.1. The second-order valence-corrected chi connectivity index (χ2v) is 8.87. The Bertz CT molecular complexity index is 1200. The number of rotatable bonds is 8. The van der Waals surface area contributed by atoms with Gasteiger partial charge in [0, 0.05) is 31.0 Å². The second-order valence-electron chi connectivity index (χ2n) is 6.91. The highest BCUT2D eigenvalue weighted by Gasteiger charge is 2.26. The number of amides is 1. The minimum absolute atomic E-state index is 0.0264. The fourth-order valence-electron chi connectivity index (χ4n) is 2.50. The second kappa shape index (κ2) is 9.27. The van der Waals surface area contributed by atoms with Gasteiger partial charge in [-0.1, -0.05) is 6.07 Å². The fourth-order valence-corrected chi connectivity index (χ4v) is 3.06. The Morgan fingerprint density at radius 3 is 2.44 bits per heavy atom. The number of halogens is 2. The summed E-state index contributed by atoms with van der Waals surface area (Å²) in [5.41, 5.74) is 0.0264. The molecule has 168 valence electrons. The van der Waals surface area contributed by atoms with Crippen LogP contribution >= 0.6 is 0 Å². The van der Waals surface area contributed by atoms with Crippen molar-refractivity contribution >= 4 is 21.6 Å². The molecule has 0 aliphatic heterocycles. The highest BCUT2D eigenvalue weighted by molar-refractivity contribution is 7.90. The molecule has 0 fully saturated rings. The van der Waals surface area contributed by atoms with Crippen LogP contribution in [0.3, 0.4) is 0 Å². The molecule has 0 radical (unpaired) electrons. The van der Waals surface area contributed by atoms with E-state index in [1.807, 2.05) is 0 Å². The number of benzene rings is 1. The number of anilines is 1. The molecule has 0 saturated heterocycles. The molecule has 32 heavy (non-hydrogen) atoms. The number of hydrogen-bond acceptors (Lipinski definition) is 7. The van der Waals surface area contributed by atoms with Crippen molar-refractivity contribution in [1.29, 1.82) is 0 Å². The largest absolute Gasteiger partial charge is 0.456 e. The Balaban J connectivity index is 1.91. The number of hydrogen-bond donors (Lipinski definition) is 1. The summed E-state index contributed by atoms with van der Waals surface area (Å²) in [6, 6.07) is 11.4. The molecule has 0 saturated carbocycles. The normalized spacial score (nSPS) is 13.1. The van der Waals surface area contributed by atoms with Gasteiger partial charge in [-0.25, -0.2) is 22.8 Å². The standard InChI is InChI=1S/C21H19F2N3O5S/c1-21(23,13-22)31-17-10-14(20(27)26-18-5-3-4-8-24-18)9-16(11-17)30-15-6-7-19(25-12-15)32(2,28)29/h3-12H,13H2,1-2H3,(H,24,26,27). The summed E-state index contributed by atoms with van der Waals surface area (Å²) >= 11 is 0. The number of aromatic nitrogens is 2. The molecule has 3 rings (SSSR count). The molecule has 1 N–H and O–H groups in total. The van der Waals surface area contributed by atoms with Gasteiger partial charge >= 0.3 is 0 Å². The van der Waals surface area contributed by atoms with Crippen LogP contribution in [-0.2, 0) is 9.84 Å². The van der Waals surface area contributed by atoms with E-state index in [0.717, 1.165) is 13.2 Å². The minimum atomic E-state index is -3.49. The van der Waals surface area contributed by atoms with E-state index in [1.165, 1.54) is 42.7 Å². The Morgan fingerprint density at radius 1 is 1.09 bits per heavy atom. The molecule has 0 bridgehead atoms. The summed E-state index contributed by atoms with van der Waals surface area (Å²) in [6.07, 6.45) is 3.69. The predicted molar refractivity (Wildman–Crippen MR) is 112 cm³/mol. The van der Waals surface area contributed by atoms with Crippen LogP contribution in [-0.4, -0.2) is 43.1 Å². The van der Waals surface area contributed by atoms with Gasteiger partial charge in [0.05, 0.1) is 6.20 Å². The molecule has 11 heteroatoms. The molecule has 1 amide bonds. The zero-order chi connectivity index (χ0) is 23.4. The van der Waals surface area contributed by atoms with Crippen molar-refractivity contribution in [2.45, 2.75) is 17.8 Å². The first kappa shape index (κ1) is 23.1. The number of ether oxygens (including phenoxy) is 2. The van der Waals surface area contributed by atoms with E-state index in [2.05, 4.69) is 15.3 Å². The van der Waals surface area contributed by atoms with Crippen molar-refractivity contribution in [3.05, 3.63) is 66.5 Å². The Morgan fingerprint density at radius 2 is 1.84 bits per heavy atom. The van der Waals surface area contributed by atoms with E-state index < -0.39 is 28.3 Å². The summed E-state index contributed by atoms with van der Waals surface area (Å²) in [5, 5.41) is 2.42. The summed E-state index contributed by atoms with van der Waals surface area (Å²) in [4.78, 5) is 20.5. The third-order valence-corrected chi connectivity index (χ3v) is 4.94. The third kappa shape index (κ3) is 6.20. The van der Waals surface area contributed by atoms with Crippen LogP contribution in [0.15, 0.2) is 66.0 Å². The first-order chi connectivity index (χ1) is 15.1. The first-order valence-corrected chi connectivity index (χ1v) is 11.1. The number of carbonyl (C=O) groups is 1. The van der Waals surface area contributed by atoms with E-state index in [-0.39, 0.29) is 33.7 Å². The monoisotopic (exact) mass is 463 g/mol. The average molecular weight is 463 g/mol. The maximum absolute atomic E-state index is 14.1. The van der Waals surface area contributed by atoms with Gasteiger partial charge in [-0.15, -0.1) is 0 Å². The number of carbonyl (C=O) groups excluding carboxylic acids is 1. The van der Waals surface area contributed by atoms with Crippen LogP contribution in [0.5, 0.6) is 17.2 Å². The molecule has 1 atom stereocenters. The highest BCUT2D eigenvalue weighted by atomic mass is 32.2. The van der Waals surface area contributed by atoms with Crippen molar-refractivity contribution < 1.29 is 31.5 Å². The molecule has 0 spiro atoms. The lowest BCUT2D eigenvalue weighted by molar-refractivity contribution is -0.0623. The first-order valence-electron chi connectivity index (χ1n) is 9.21. The average Bonchev–Trinajstić information content (AvgIpc) is 2.74. The molecule has 1 aromatic carbocycles. The molecule has 1 unspecified atom stereocenters. The summed E-state index contributed by atoms with van der Waals surface area (Å²) in [7, 11) is -3.49. The Kier molecular flexibility index (Phi) is 6.68. The number of alkyl halides is 2. The molecule has 8 nitrogen and oxygen atoms in total. The van der Waals surface area contributed by atoms with Gasteiger partial charge in [0.15, 0.2) is 21.5 Å². The van der Waals surface area contributed by atoms with Gasteiger partial charge in [-0.2, -0.15) is 4.39 Å². The minimum Gasteiger partial charge on any atom is -0.456 e. The van der Waals surface area contributed by atoms with Crippen molar-refractivity contribution in [2.24, 2.45) is 0 Å². The van der Waals surface area contributed by atoms with Crippen molar-refractivity contribution in [2.75, 3.05) is 18.2 Å². The highest BCUT2D eigenvalue weighted by Crippen LogP contribution is 2.30. The van der Waals surface area contributed by atoms with E-state index in [9.17, 15) is 22.0 Å². The van der Waals surface area contributed by atoms with Crippen LogP contribution in [0.4, 0.5) is 14.6 Å². The number of nitrogens with zero attached hydrogens (tertiary/aromatic N) is 2. The van der Waals surface area contributed by atoms with Crippen LogP contribution in [0.1, 0.15) is 17.3 Å². The SMILES string of the molecule is CC(F)(CF)Oc1cc(Oc2ccc(S(C)(=O)=O)nc2)cc(C(=O)Nc2ccccn2)c1. The van der Waals surface area contributed by atoms with E-state index in [1.54, 1.807) is 18.2 Å². The molecule has 2 aromatic heterocycles. The zero-order valence-corrected chi connectivity index (χ0v) is 17.9. The van der Waals surface area contributed by atoms with E-state index in [0.29, 0.717) is 0 Å². The number of sulfone groups is 1. The van der Waals surface area contributed by atoms with Gasteiger partial charge in [-0.05, 0) is 36.4 Å². The Labute approximate surface area is 183 Å². The van der Waals surface area contributed by atoms with Crippen LogP contribution in [0.2, 0.25) is 0 Å². The quantitative estimate of drug-likeness (QED) is 0.539. The van der Waals surface area contributed by atoms with Crippen molar-refractivity contribution in [1.82, 2.24) is 9.97 Å². The van der Waals surface area contributed by atoms with Gasteiger partial charge in [0.1, 0.15) is 23.1 Å². The van der Waals surface area contributed by atoms with Crippen LogP contribution < -0.4 is 14.8 Å². The van der Waals surface area contributed by atoms with Crippen LogP contribution in [0.25, 0.3) is 0 Å². The molecular formula is C21H19F2N3O5S. The van der Waals surface area contributed by atoms with Gasteiger partial charge < -0.3 is 14.8 Å². The predicted octanol–water partition coefficient (Wildman–Crippen LogP) is 3.96. The Hall–Kier alpha value is -3.60. The summed E-state index contributed by atoms with van der Waals surface area (Å²) < 4.78 is 60.7. The molecular weight excluding hydrogens is 444 g/mol. The third-order valence-electron chi connectivity index (χ3n) is 3.94. The fraction of sp³-hybridized carbons (Fsp3) is 0.190. The smallest absolute Gasteiger partial charge is 0.273 e. The lowest BCUT2D eigenvalue weighted by atomic mass is 10.2. The summed E-state index contributed by atoms with van der Waals surface area (Å²) in [6.45, 7) is -0.508. The lowest BCUT2D eigenvalue weighted by Gasteiger charge is -2.20. The summed E-state index contributed by atoms with van der Waals surface area (Å²) in [5.74, 6) is -2.88. The lowest BCUT2D eigenvalue weighted by Crippen LogP contribution is -2.29. The number of nitrogens with one attached hydrogen (secondary N) is 1. The number of pyridine rings is 2. The topological polar surface area (TPSA) is 107 Å².